The van der Waals surface area contributed by atoms with Gasteiger partial charge in [-0.25, -0.2) is 8.42 Å². The molecule has 0 amide bonds. The summed E-state index contributed by atoms with van der Waals surface area (Å²) in [5.74, 6) is -0.482. The van der Waals surface area contributed by atoms with Crippen LogP contribution in [0.5, 0.6) is 0 Å². The summed E-state index contributed by atoms with van der Waals surface area (Å²) in [4.78, 5) is 12.4. The first kappa shape index (κ1) is 22.2. The van der Waals surface area contributed by atoms with Crippen molar-refractivity contribution in [2.75, 3.05) is 13.2 Å². The van der Waals surface area contributed by atoms with Crippen LogP contribution in [0.15, 0.2) is 69.5 Å². The Morgan fingerprint density at radius 1 is 1.20 bits per heavy atom. The van der Waals surface area contributed by atoms with Crippen molar-refractivity contribution in [1.29, 1.82) is 5.26 Å². The molecule has 0 aliphatic carbocycles. The predicted octanol–water partition coefficient (Wildman–Crippen LogP) is 4.14. The molecule has 0 bridgehead atoms. The Kier molecular flexibility index (Phi) is 7.08. The van der Waals surface area contributed by atoms with E-state index in [2.05, 4.69) is 22.0 Å². The fourth-order valence-electron chi connectivity index (χ4n) is 3.53. The number of halogens is 1. The van der Waals surface area contributed by atoms with Crippen LogP contribution in [0.25, 0.3) is 5.57 Å². The molecule has 1 unspecified atom stereocenters. The van der Waals surface area contributed by atoms with Gasteiger partial charge in [0.2, 0.25) is 10.0 Å². The maximum atomic E-state index is 13.3. The Labute approximate surface area is 184 Å². The first-order valence-corrected chi connectivity index (χ1v) is 11.7. The third-order valence-corrected chi connectivity index (χ3v) is 7.30. The maximum absolute atomic E-state index is 13.3. The molecular weight excluding hydrogens is 468 g/mol. The molecule has 0 spiro atoms. The average Bonchev–Trinajstić information content (AvgIpc) is 2.74. The molecule has 0 saturated carbocycles. The minimum Gasteiger partial charge on any atom is -0.466 e. The summed E-state index contributed by atoms with van der Waals surface area (Å²) in [5, 5.41) is 9.94. The fraction of sp³-hybridized carbons (Fsp3) is 0.273. The maximum Gasteiger partial charge on any atom is 0.310 e. The Hall–Kier alpha value is -2.47. The molecule has 1 heterocycles. The third-order valence-electron chi connectivity index (χ3n) is 4.89. The lowest BCUT2D eigenvalue weighted by Gasteiger charge is -2.34. The molecule has 2 aromatic rings. The molecule has 0 fully saturated rings. The number of sulfonamides is 1. The van der Waals surface area contributed by atoms with Gasteiger partial charge in [-0.1, -0.05) is 46.3 Å². The van der Waals surface area contributed by atoms with Crippen LogP contribution in [-0.4, -0.2) is 37.9 Å². The minimum atomic E-state index is -3.92. The molecule has 8 heteroatoms. The van der Waals surface area contributed by atoms with E-state index in [1.54, 1.807) is 19.1 Å². The van der Waals surface area contributed by atoms with Gasteiger partial charge in [0.1, 0.15) is 6.04 Å². The molecule has 0 saturated heterocycles. The van der Waals surface area contributed by atoms with Gasteiger partial charge in [0.05, 0.1) is 24.0 Å². The average molecular weight is 489 g/mol. The summed E-state index contributed by atoms with van der Waals surface area (Å²) in [7, 11) is -3.92. The van der Waals surface area contributed by atoms with Crippen LogP contribution in [0, 0.1) is 11.3 Å². The monoisotopic (exact) mass is 488 g/mol. The number of hydrogen-bond acceptors (Lipinski definition) is 5. The summed E-state index contributed by atoms with van der Waals surface area (Å²) in [6.07, 6.45) is 0.259. The lowest BCUT2D eigenvalue weighted by Crippen LogP contribution is -2.44. The van der Waals surface area contributed by atoms with Crippen LogP contribution in [-0.2, 0) is 19.6 Å². The molecule has 1 aliphatic heterocycles. The fourth-order valence-corrected chi connectivity index (χ4v) is 5.33. The number of benzene rings is 2. The van der Waals surface area contributed by atoms with Gasteiger partial charge < -0.3 is 4.74 Å². The molecule has 0 aromatic heterocycles. The van der Waals surface area contributed by atoms with E-state index in [1.807, 2.05) is 30.3 Å². The number of nitrogens with zero attached hydrogens (tertiary/aromatic N) is 2. The van der Waals surface area contributed by atoms with Gasteiger partial charge in [-0.2, -0.15) is 9.57 Å². The van der Waals surface area contributed by atoms with E-state index < -0.39 is 22.0 Å². The Balaban J connectivity index is 2.08. The first-order chi connectivity index (χ1) is 14.4. The van der Waals surface area contributed by atoms with Crippen LogP contribution in [0.4, 0.5) is 0 Å². The van der Waals surface area contributed by atoms with E-state index in [4.69, 9.17) is 4.74 Å². The highest BCUT2D eigenvalue weighted by Crippen LogP contribution is 2.36. The highest BCUT2D eigenvalue weighted by Gasteiger charge is 2.39. The standard InChI is InChI=1S/C22H21BrN2O4S/c1-2-29-22(26)14-20-19(16-6-4-3-5-7-16)12-13-25(21(20)15-24)30(27,28)18-10-8-17(23)9-11-18/h3-11,21H,2,12-14H2,1H3. The Bertz CT molecular complexity index is 1090. The zero-order chi connectivity index (χ0) is 21.7. The molecule has 3 rings (SSSR count). The van der Waals surface area contributed by atoms with Gasteiger partial charge in [0, 0.05) is 11.0 Å². The normalized spacial score (nSPS) is 17.4. The number of rotatable bonds is 6. The van der Waals surface area contributed by atoms with Crippen LogP contribution < -0.4 is 0 Å². The van der Waals surface area contributed by atoms with Crippen molar-refractivity contribution in [3.8, 4) is 6.07 Å². The molecule has 6 nitrogen and oxygen atoms in total. The summed E-state index contributed by atoms with van der Waals surface area (Å²) in [5.41, 5.74) is 2.16. The Morgan fingerprint density at radius 2 is 1.87 bits per heavy atom. The molecule has 156 valence electrons. The smallest absolute Gasteiger partial charge is 0.310 e. The van der Waals surface area contributed by atoms with Gasteiger partial charge in [0.15, 0.2) is 0 Å². The second kappa shape index (κ2) is 9.56. The van der Waals surface area contributed by atoms with Crippen molar-refractivity contribution in [2.24, 2.45) is 0 Å². The largest absolute Gasteiger partial charge is 0.466 e. The van der Waals surface area contributed by atoms with Gasteiger partial charge in [-0.15, -0.1) is 0 Å². The highest BCUT2D eigenvalue weighted by molar-refractivity contribution is 9.10. The molecule has 1 aliphatic rings. The van der Waals surface area contributed by atoms with Crippen molar-refractivity contribution in [3.63, 3.8) is 0 Å². The van der Waals surface area contributed by atoms with Gasteiger partial charge in [-0.05, 0) is 54.3 Å². The van der Waals surface area contributed by atoms with E-state index in [-0.39, 0.29) is 24.5 Å². The van der Waals surface area contributed by atoms with Crippen molar-refractivity contribution in [1.82, 2.24) is 4.31 Å². The SMILES string of the molecule is CCOC(=O)CC1=C(c2ccccc2)CCN(S(=O)(=O)c2ccc(Br)cc2)C1C#N. The van der Waals surface area contributed by atoms with E-state index in [1.165, 1.54) is 16.4 Å². The molecule has 0 N–H and O–H groups in total. The van der Waals surface area contributed by atoms with Crippen molar-refractivity contribution in [2.45, 2.75) is 30.7 Å². The van der Waals surface area contributed by atoms with Crippen molar-refractivity contribution in [3.05, 3.63) is 70.2 Å². The van der Waals surface area contributed by atoms with Crippen LogP contribution in [0.1, 0.15) is 25.3 Å². The number of hydrogen-bond donors (Lipinski definition) is 0. The van der Waals surface area contributed by atoms with Crippen LogP contribution >= 0.6 is 15.9 Å². The van der Waals surface area contributed by atoms with Crippen LogP contribution in [0.3, 0.4) is 0 Å². The lowest BCUT2D eigenvalue weighted by molar-refractivity contribution is -0.142. The second-order valence-electron chi connectivity index (χ2n) is 6.70. The quantitative estimate of drug-likeness (QED) is 0.570. The molecule has 0 radical (unpaired) electrons. The van der Waals surface area contributed by atoms with E-state index in [9.17, 15) is 18.5 Å². The number of nitriles is 1. The summed E-state index contributed by atoms with van der Waals surface area (Å²) in [6, 6.07) is 16.7. The Morgan fingerprint density at radius 3 is 2.47 bits per heavy atom. The van der Waals surface area contributed by atoms with E-state index in [0.717, 1.165) is 15.6 Å². The molecule has 1 atom stereocenters. The molecule has 2 aromatic carbocycles. The molecule has 30 heavy (non-hydrogen) atoms. The van der Waals surface area contributed by atoms with E-state index in [0.29, 0.717) is 12.0 Å². The summed E-state index contributed by atoms with van der Waals surface area (Å²) < 4.78 is 33.6. The van der Waals surface area contributed by atoms with Crippen molar-refractivity contribution < 1.29 is 17.9 Å². The van der Waals surface area contributed by atoms with Crippen molar-refractivity contribution >= 4 is 37.5 Å². The van der Waals surface area contributed by atoms with Gasteiger partial charge in [0.25, 0.3) is 0 Å². The highest BCUT2D eigenvalue weighted by atomic mass is 79.9. The second-order valence-corrected chi connectivity index (χ2v) is 9.51. The number of carbonyl (C=O) groups excluding carboxylic acids is 1. The van der Waals surface area contributed by atoms with E-state index >= 15 is 0 Å². The minimum absolute atomic E-state index is 0.101. The number of esters is 1. The number of ether oxygens (including phenoxy) is 1. The molecular formula is C22H21BrN2O4S. The zero-order valence-corrected chi connectivity index (χ0v) is 18.8. The van der Waals surface area contributed by atoms with Gasteiger partial charge in [-0.3, -0.25) is 4.79 Å². The zero-order valence-electron chi connectivity index (χ0n) is 16.4. The van der Waals surface area contributed by atoms with Gasteiger partial charge >= 0.3 is 5.97 Å². The van der Waals surface area contributed by atoms with Crippen LogP contribution in [0.2, 0.25) is 0 Å². The summed E-state index contributed by atoms with van der Waals surface area (Å²) in [6.45, 7) is 2.06. The predicted molar refractivity (Wildman–Crippen MR) is 117 cm³/mol. The third kappa shape index (κ3) is 4.64. The first-order valence-electron chi connectivity index (χ1n) is 9.48. The summed E-state index contributed by atoms with van der Waals surface area (Å²) >= 11 is 3.30. The topological polar surface area (TPSA) is 87.5 Å². The number of carbonyl (C=O) groups is 1. The lowest BCUT2D eigenvalue weighted by atomic mass is 9.88.